The van der Waals surface area contributed by atoms with Gasteiger partial charge in [-0.2, -0.15) is 0 Å². The molecule has 630 valence electrons. The van der Waals surface area contributed by atoms with Crippen molar-refractivity contribution in [3.8, 4) is 0 Å². The molecule has 105 heavy (non-hydrogen) atoms. The Labute approximate surface area is 635 Å². The molecular weight excluding hydrogens is 1370 g/mol. The average molecular weight is 1530 g/mol. The van der Waals surface area contributed by atoms with Crippen molar-refractivity contribution >= 4 is 0 Å². The minimum Gasteiger partial charge on any atom is -0.395 e. The van der Waals surface area contributed by atoms with Crippen molar-refractivity contribution in [2.24, 2.45) is 0 Å². The molecule has 0 aromatic heterocycles. The van der Waals surface area contributed by atoms with Crippen molar-refractivity contribution in [3.63, 3.8) is 0 Å². The third-order valence-corrected chi connectivity index (χ3v) is 19.8. The van der Waals surface area contributed by atoms with Gasteiger partial charge in [-0.3, -0.25) is 0 Å². The quantitative estimate of drug-likeness (QED) is 0.0545. The van der Waals surface area contributed by atoms with Gasteiger partial charge in [0.05, 0.1) is 119 Å². The van der Waals surface area contributed by atoms with E-state index in [4.69, 9.17) is 52.5 Å². The summed E-state index contributed by atoms with van der Waals surface area (Å²) in [7, 11) is 3.81. The molecule has 8 rings (SSSR count). The van der Waals surface area contributed by atoms with Crippen molar-refractivity contribution < 1.29 is 88.3 Å². The van der Waals surface area contributed by atoms with Crippen LogP contribution in [0.1, 0.15) is 246 Å². The van der Waals surface area contributed by atoms with Gasteiger partial charge in [-0.1, -0.05) is 13.3 Å². The second-order valence-electron chi connectivity index (χ2n) is 32.7. The topological polar surface area (TPSA) is 170 Å². The van der Waals surface area contributed by atoms with E-state index in [9.17, 15) is 35.8 Å². The predicted molar refractivity (Wildman–Crippen MR) is 411 cm³/mol. The van der Waals surface area contributed by atoms with Crippen LogP contribution < -0.4 is 10.6 Å². The molecule has 0 aromatic carbocycles. The Morgan fingerprint density at radius 2 is 0.981 bits per heavy atom. The molecule has 0 spiro atoms. The zero-order chi connectivity index (χ0) is 79.2. The van der Waals surface area contributed by atoms with Gasteiger partial charge in [-0.05, 0) is 253 Å². The first-order chi connectivity index (χ1) is 49.3. The number of nitrogens with zero attached hydrogens (tertiary/aromatic N) is 4. The number of hydrogen-bond acceptors (Lipinski definition) is 18. The number of rotatable bonds is 28. The van der Waals surface area contributed by atoms with Crippen LogP contribution in [0, 0.1) is 0 Å². The van der Waals surface area contributed by atoms with E-state index in [1.807, 2.05) is 95.0 Å². The van der Waals surface area contributed by atoms with Crippen LogP contribution in [0.4, 0.5) is 30.7 Å². The van der Waals surface area contributed by atoms with E-state index in [1.165, 1.54) is 0 Å². The monoisotopic (exact) mass is 1530 g/mol. The Hall–Kier alpha value is -1.21. The first-order valence-corrected chi connectivity index (χ1v) is 40.8. The number of hydrogen-bond donors (Lipinski definition) is 4. The Kier molecular flexibility index (Phi) is 53.6. The lowest BCUT2D eigenvalue weighted by Crippen LogP contribution is -2.45. The summed E-state index contributed by atoms with van der Waals surface area (Å²) in [4.78, 5) is 8.71. The number of nitrogens with one attached hydrogen (secondary N) is 2. The summed E-state index contributed by atoms with van der Waals surface area (Å²) in [6.45, 7) is 49.4. The van der Waals surface area contributed by atoms with E-state index in [0.29, 0.717) is 116 Å². The smallest absolute Gasteiger partial charge is 0.273 e. The highest BCUT2D eigenvalue weighted by Crippen LogP contribution is 2.38. The summed E-state index contributed by atoms with van der Waals surface area (Å²) in [5.41, 5.74) is -3.96. The number of morpholine rings is 1. The van der Waals surface area contributed by atoms with Gasteiger partial charge in [0.15, 0.2) is 0 Å². The minimum absolute atomic E-state index is 0.00954. The van der Waals surface area contributed by atoms with Crippen LogP contribution in [-0.4, -0.2) is 303 Å². The molecule has 0 amide bonds. The fraction of sp³-hybridized carbons (Fsp3) is 1.00. The molecule has 6 aliphatic heterocycles. The number of likely N-dealkylation sites (tertiary alicyclic amines) is 4. The Bertz CT molecular complexity index is 2060. The first-order valence-electron chi connectivity index (χ1n) is 40.8. The van der Waals surface area contributed by atoms with E-state index in [-0.39, 0.29) is 87.3 Å². The first kappa shape index (κ1) is 102. The van der Waals surface area contributed by atoms with Gasteiger partial charge in [-0.15, -0.1) is 0 Å². The Morgan fingerprint density at radius 1 is 0.467 bits per heavy atom. The molecule has 5 atom stereocenters. The zero-order valence-corrected chi connectivity index (χ0v) is 69.8. The van der Waals surface area contributed by atoms with Crippen LogP contribution in [0.15, 0.2) is 0 Å². The van der Waals surface area contributed by atoms with Crippen LogP contribution in [0.25, 0.3) is 0 Å². The number of β-amino-alcohol motifs (C(OH)–C–C–N with tert-alkyl or cyclic N) is 1. The molecule has 25 heteroatoms. The van der Waals surface area contributed by atoms with Crippen molar-refractivity contribution in [2.45, 2.75) is 347 Å². The fourth-order valence-corrected chi connectivity index (χ4v) is 12.7. The maximum absolute atomic E-state index is 14.1. The molecule has 5 unspecified atom stereocenters. The number of methoxy groups -OCH3 is 1. The van der Waals surface area contributed by atoms with Crippen molar-refractivity contribution in [3.05, 3.63) is 0 Å². The second-order valence-corrected chi connectivity index (χ2v) is 32.7. The highest BCUT2D eigenvalue weighted by atomic mass is 19.3. The summed E-state index contributed by atoms with van der Waals surface area (Å²) < 4.78 is 148. The molecule has 2 aliphatic carbocycles. The number of halogens is 7. The summed E-state index contributed by atoms with van der Waals surface area (Å²) in [6.07, 6.45) is 14.7. The number of aliphatic hydroxyl groups is 2. The lowest BCUT2D eigenvalue weighted by molar-refractivity contribution is -0.176. The second kappa shape index (κ2) is 55.3. The number of alkyl halides is 7. The lowest BCUT2D eigenvalue weighted by atomic mass is 9.83. The van der Waals surface area contributed by atoms with Gasteiger partial charge >= 0.3 is 0 Å². The van der Waals surface area contributed by atoms with E-state index in [2.05, 4.69) is 46.1 Å². The molecule has 4 N–H and O–H groups in total. The molecule has 6 heterocycles. The number of ether oxygens (including phenoxy) is 10. The van der Waals surface area contributed by atoms with E-state index < -0.39 is 40.5 Å². The van der Waals surface area contributed by atoms with Crippen molar-refractivity contribution in [1.82, 2.24) is 30.2 Å². The normalized spacial score (nSPS) is 26.6. The van der Waals surface area contributed by atoms with E-state index >= 15 is 0 Å². The Morgan fingerprint density at radius 3 is 1.45 bits per heavy atom. The highest BCUT2D eigenvalue weighted by molar-refractivity contribution is 4.90. The van der Waals surface area contributed by atoms with Gasteiger partial charge in [-0.25, -0.2) is 30.7 Å². The van der Waals surface area contributed by atoms with Gasteiger partial charge < -0.3 is 87.8 Å². The largest absolute Gasteiger partial charge is 0.395 e. The van der Waals surface area contributed by atoms with E-state index in [0.717, 1.165) is 143 Å². The van der Waals surface area contributed by atoms with E-state index in [1.54, 1.807) is 21.0 Å². The molecule has 8 fully saturated rings. The maximum atomic E-state index is 14.1. The molecule has 8 aliphatic rings. The molecule has 18 nitrogen and oxygen atoms in total. The van der Waals surface area contributed by atoms with Crippen LogP contribution in [-0.2, 0) is 47.4 Å². The van der Waals surface area contributed by atoms with Crippen molar-refractivity contribution in [2.75, 3.05) is 172 Å². The fourth-order valence-electron chi connectivity index (χ4n) is 12.7. The SMILES string of the molecule is CC(C)OC1(F)CCCN(C)CC1.CC(C)OC1CCCCC1(F)F.CC(C)OCC1(F)CCC1.CC(C)OCC1(F)CCN(CCF)CC1.CC(C)OCC1(O)CCCNCC1.CC(C)OCC1CNCCO1.CCN1CCC(F)(COC(C)C)CC1.COC1(COC(C)C)CCCN(CCO)CC1. The molecule has 0 radical (unpaired) electrons. The van der Waals surface area contributed by atoms with Crippen LogP contribution in [0.5, 0.6) is 0 Å². The summed E-state index contributed by atoms with van der Waals surface area (Å²) >= 11 is 0. The summed E-state index contributed by atoms with van der Waals surface area (Å²) in [5.74, 6) is -3.97. The molecule has 2 saturated carbocycles. The average Bonchev–Trinajstić information content (AvgIpc) is 1.78. The third kappa shape index (κ3) is 49.8. The van der Waals surface area contributed by atoms with Gasteiger partial charge in [0.25, 0.3) is 5.92 Å². The number of aliphatic hydroxyl groups excluding tert-OH is 1. The van der Waals surface area contributed by atoms with Crippen molar-refractivity contribution in [1.29, 1.82) is 0 Å². The van der Waals surface area contributed by atoms with Gasteiger partial charge in [0.2, 0.25) is 5.85 Å². The minimum atomic E-state index is -2.59. The predicted octanol–water partition coefficient (Wildman–Crippen LogP) is 14.5. The van der Waals surface area contributed by atoms with Gasteiger partial charge in [0, 0.05) is 91.8 Å². The number of piperidine rings is 2. The maximum Gasteiger partial charge on any atom is 0.273 e. The zero-order valence-electron chi connectivity index (χ0n) is 69.8. The van der Waals surface area contributed by atoms with Crippen LogP contribution in [0.3, 0.4) is 0 Å². The summed E-state index contributed by atoms with van der Waals surface area (Å²) in [6, 6.07) is 0. The molecular formula is C80H159F7N6O12. The van der Waals surface area contributed by atoms with Gasteiger partial charge in [0.1, 0.15) is 29.8 Å². The highest BCUT2D eigenvalue weighted by Gasteiger charge is 2.43. The standard InChI is InChI=1S/C13H27NO3.C11H21F2NO.C11H22FNO.C10H20FNO.C10H21NO2.C9H16F2O.C8H15FO.C8H17NO2/c1-12(2)17-11-13(16-3)5-4-7-14(8-6-13)9-10-15;1-10(2)15-9-11(13)3-6-14(7-4-11)8-5-12;1-4-13-7-5-11(12,6-8-13)9-14-10(2)3;1-9(2)13-10(11)5-4-7-12(3)8-6-10;1-9(2)13-8-10(12)4-3-6-11-7-5-10;1-7(2)12-8-5-3-4-6-9(8,10)11;1-7(2)10-6-8(9)4-3-5-8;1-7(2)11-6-8-5-9-3-4-10-8/h12,15H,4-11H2,1-3H3;10H,3-9H2,1-2H3;10H,4-9H2,1-3H3;9H,4-8H2,1-3H3;9,11-12H,3-8H2,1-2H3;7-8H,3-6H2,1-2H3;7H,3-6H2,1-2H3;7-9H,3-6H2,1-2H3. The third-order valence-electron chi connectivity index (χ3n) is 19.8. The Balaban J connectivity index is 0.000000603. The molecule has 0 aromatic rings. The summed E-state index contributed by atoms with van der Waals surface area (Å²) in [5, 5.41) is 25.6. The lowest BCUT2D eigenvalue weighted by Gasteiger charge is -2.36. The van der Waals surface area contributed by atoms with Crippen LogP contribution in [0.2, 0.25) is 0 Å². The molecule has 6 saturated heterocycles. The van der Waals surface area contributed by atoms with Crippen LogP contribution >= 0.6 is 0 Å². The molecule has 0 bridgehead atoms.